The van der Waals surface area contributed by atoms with Crippen molar-refractivity contribution in [1.29, 1.82) is 0 Å². The molecule has 24 heavy (non-hydrogen) atoms. The molecule has 4 bridgehead atoms. The van der Waals surface area contributed by atoms with Crippen molar-refractivity contribution in [3.05, 3.63) is 0 Å². The first-order chi connectivity index (χ1) is 11.5. The number of hydrogen-bond donors (Lipinski definition) is 0. The number of likely N-dealkylation sites (tertiary alicyclic amines) is 1. The van der Waals surface area contributed by atoms with Gasteiger partial charge in [0.15, 0.2) is 0 Å². The lowest BCUT2D eigenvalue weighted by molar-refractivity contribution is -0.140. The van der Waals surface area contributed by atoms with Gasteiger partial charge in [-0.05, 0) is 81.5 Å². The lowest BCUT2D eigenvalue weighted by atomic mass is 9.48. The molecule has 1 amide bonds. The van der Waals surface area contributed by atoms with Crippen molar-refractivity contribution in [2.45, 2.75) is 69.0 Å². The zero-order chi connectivity index (χ0) is 16.8. The van der Waals surface area contributed by atoms with E-state index in [0.29, 0.717) is 21.6 Å². The topological polar surface area (TPSA) is 29.5 Å². The van der Waals surface area contributed by atoms with Gasteiger partial charge in [0.05, 0.1) is 6.61 Å². The van der Waals surface area contributed by atoms with Crippen LogP contribution < -0.4 is 0 Å². The third-order valence-corrected chi connectivity index (χ3v) is 7.99. The molecule has 1 heterocycles. The lowest BCUT2D eigenvalue weighted by Crippen LogP contribution is -2.54. The average Bonchev–Trinajstić information content (AvgIpc) is 2.50. The monoisotopic (exact) mass is 397 g/mol. The second-order valence-electron chi connectivity index (χ2n) is 9.30. The molecule has 1 aliphatic heterocycles. The first kappa shape index (κ1) is 17.3. The SMILES string of the molecule is CCOCC1CCCN(C(=O)CC23CC4CC(CC(Br)(C4)C2)C3)C1. The molecule has 4 saturated carbocycles. The molecule has 4 aliphatic carbocycles. The van der Waals surface area contributed by atoms with Gasteiger partial charge in [-0.1, -0.05) is 15.9 Å². The predicted molar refractivity (Wildman–Crippen MR) is 99.2 cm³/mol. The highest BCUT2D eigenvalue weighted by atomic mass is 79.9. The summed E-state index contributed by atoms with van der Waals surface area (Å²) < 4.78 is 5.96. The number of nitrogens with zero attached hydrogens (tertiary/aromatic N) is 1. The summed E-state index contributed by atoms with van der Waals surface area (Å²) >= 11 is 4.08. The van der Waals surface area contributed by atoms with Crippen LogP contribution in [0.5, 0.6) is 0 Å². The van der Waals surface area contributed by atoms with Gasteiger partial charge >= 0.3 is 0 Å². The molecule has 3 unspecified atom stereocenters. The Morgan fingerprint density at radius 3 is 2.67 bits per heavy atom. The summed E-state index contributed by atoms with van der Waals surface area (Å²) in [6.45, 7) is 5.53. The van der Waals surface area contributed by atoms with Crippen LogP contribution in [-0.2, 0) is 9.53 Å². The maximum atomic E-state index is 13.1. The first-order valence-electron chi connectivity index (χ1n) is 10.0. The fourth-order valence-electron chi connectivity index (χ4n) is 6.69. The van der Waals surface area contributed by atoms with E-state index >= 15 is 0 Å². The molecular weight excluding hydrogens is 366 g/mol. The van der Waals surface area contributed by atoms with Crippen LogP contribution in [0, 0.1) is 23.2 Å². The molecule has 0 aromatic rings. The summed E-state index contributed by atoms with van der Waals surface area (Å²) in [6.07, 6.45) is 11.1. The molecule has 1 saturated heterocycles. The van der Waals surface area contributed by atoms with Gasteiger partial charge in [0, 0.05) is 30.4 Å². The summed E-state index contributed by atoms with van der Waals surface area (Å²) in [4.78, 5) is 15.2. The van der Waals surface area contributed by atoms with Gasteiger partial charge in [0.25, 0.3) is 0 Å². The predicted octanol–water partition coefficient (Wildman–Crippen LogP) is 4.39. The molecule has 5 rings (SSSR count). The standard InChI is InChI=1S/C20H32BrNO2/c1-2-24-13-15-4-3-5-22(12-15)18(23)11-19-7-16-6-17(8-19)10-20(21,9-16)14-19/h15-17H,2-14H2,1H3. The van der Waals surface area contributed by atoms with Crippen LogP contribution in [0.2, 0.25) is 0 Å². The summed E-state index contributed by atoms with van der Waals surface area (Å²) in [5.74, 6) is 2.70. The Hall–Kier alpha value is -0.0900. The zero-order valence-electron chi connectivity index (χ0n) is 15.1. The van der Waals surface area contributed by atoms with Crippen LogP contribution in [-0.4, -0.2) is 41.4 Å². The van der Waals surface area contributed by atoms with Crippen LogP contribution in [0.1, 0.15) is 64.7 Å². The third-order valence-electron chi connectivity index (χ3n) is 7.07. The maximum Gasteiger partial charge on any atom is 0.223 e. The Labute approximate surface area is 155 Å². The smallest absolute Gasteiger partial charge is 0.223 e. The highest BCUT2D eigenvalue weighted by molar-refractivity contribution is 9.10. The quantitative estimate of drug-likeness (QED) is 0.643. The number of alkyl halides is 1. The van der Waals surface area contributed by atoms with Crippen molar-refractivity contribution in [2.75, 3.05) is 26.3 Å². The van der Waals surface area contributed by atoms with E-state index in [4.69, 9.17) is 4.74 Å². The van der Waals surface area contributed by atoms with Gasteiger partial charge in [-0.2, -0.15) is 0 Å². The van der Waals surface area contributed by atoms with E-state index < -0.39 is 0 Å². The fourth-order valence-corrected chi connectivity index (χ4v) is 8.20. The molecular formula is C20H32BrNO2. The average molecular weight is 398 g/mol. The Kier molecular flexibility index (Phi) is 4.75. The number of piperidine rings is 1. The molecule has 5 fully saturated rings. The van der Waals surface area contributed by atoms with Crippen molar-refractivity contribution in [3.8, 4) is 0 Å². The van der Waals surface area contributed by atoms with E-state index in [9.17, 15) is 4.79 Å². The molecule has 3 atom stereocenters. The van der Waals surface area contributed by atoms with Crippen LogP contribution in [0.4, 0.5) is 0 Å². The van der Waals surface area contributed by atoms with Crippen LogP contribution in [0.15, 0.2) is 0 Å². The van der Waals surface area contributed by atoms with Crippen molar-refractivity contribution >= 4 is 21.8 Å². The Morgan fingerprint density at radius 1 is 1.25 bits per heavy atom. The minimum absolute atomic E-state index is 0.303. The van der Waals surface area contributed by atoms with E-state index in [1.807, 2.05) is 0 Å². The molecule has 0 N–H and O–H groups in total. The Balaban J connectivity index is 1.39. The zero-order valence-corrected chi connectivity index (χ0v) is 16.7. The highest BCUT2D eigenvalue weighted by Gasteiger charge is 2.57. The van der Waals surface area contributed by atoms with Gasteiger partial charge in [-0.3, -0.25) is 4.79 Å². The van der Waals surface area contributed by atoms with Crippen molar-refractivity contribution in [2.24, 2.45) is 23.2 Å². The third kappa shape index (κ3) is 3.42. The number of amides is 1. The second-order valence-corrected chi connectivity index (χ2v) is 11.0. The summed E-state index contributed by atoms with van der Waals surface area (Å²) in [5.41, 5.74) is 0.303. The summed E-state index contributed by atoms with van der Waals surface area (Å²) in [7, 11) is 0. The molecule has 4 heteroatoms. The lowest BCUT2D eigenvalue weighted by Gasteiger charge is -2.60. The van der Waals surface area contributed by atoms with Crippen molar-refractivity contribution in [1.82, 2.24) is 4.90 Å². The van der Waals surface area contributed by atoms with E-state index in [2.05, 4.69) is 27.8 Å². The summed E-state index contributed by atoms with van der Waals surface area (Å²) in [6, 6.07) is 0. The number of hydrogen-bond acceptors (Lipinski definition) is 2. The van der Waals surface area contributed by atoms with Crippen LogP contribution in [0.3, 0.4) is 0 Å². The summed E-state index contributed by atoms with van der Waals surface area (Å²) in [5, 5.41) is 0. The Bertz CT molecular complexity index is 480. The minimum atomic E-state index is 0.303. The number of carbonyl (C=O) groups excluding carboxylic acids is 1. The van der Waals surface area contributed by atoms with Crippen molar-refractivity contribution in [3.63, 3.8) is 0 Å². The minimum Gasteiger partial charge on any atom is -0.381 e. The second kappa shape index (κ2) is 6.57. The van der Waals surface area contributed by atoms with E-state index in [-0.39, 0.29) is 0 Å². The van der Waals surface area contributed by atoms with E-state index in [0.717, 1.165) is 51.0 Å². The van der Waals surface area contributed by atoms with Crippen LogP contribution >= 0.6 is 15.9 Å². The van der Waals surface area contributed by atoms with Gasteiger partial charge in [0.2, 0.25) is 5.91 Å². The van der Waals surface area contributed by atoms with Gasteiger partial charge in [-0.15, -0.1) is 0 Å². The van der Waals surface area contributed by atoms with Crippen molar-refractivity contribution < 1.29 is 9.53 Å². The van der Waals surface area contributed by atoms with Gasteiger partial charge in [-0.25, -0.2) is 0 Å². The van der Waals surface area contributed by atoms with Gasteiger partial charge in [0.1, 0.15) is 0 Å². The van der Waals surface area contributed by atoms with Gasteiger partial charge < -0.3 is 9.64 Å². The molecule has 0 aromatic carbocycles. The molecule has 3 nitrogen and oxygen atoms in total. The number of halogens is 1. The molecule has 0 spiro atoms. The van der Waals surface area contributed by atoms with Crippen LogP contribution in [0.25, 0.3) is 0 Å². The molecule has 136 valence electrons. The normalized spacial score (nSPS) is 44.1. The largest absolute Gasteiger partial charge is 0.381 e. The van der Waals surface area contributed by atoms with E-state index in [1.54, 1.807) is 0 Å². The molecule has 0 aromatic heterocycles. The fraction of sp³-hybridized carbons (Fsp3) is 0.950. The Morgan fingerprint density at radius 2 is 2.00 bits per heavy atom. The van der Waals surface area contributed by atoms with E-state index in [1.165, 1.54) is 44.9 Å². The molecule has 0 radical (unpaired) electrons. The number of rotatable bonds is 5. The number of carbonyl (C=O) groups is 1. The molecule has 5 aliphatic rings. The number of ether oxygens (including phenoxy) is 1. The highest BCUT2D eigenvalue weighted by Crippen LogP contribution is 2.65. The first-order valence-corrected chi connectivity index (χ1v) is 10.8. The maximum absolute atomic E-state index is 13.1.